The van der Waals surface area contributed by atoms with E-state index in [4.69, 9.17) is 0 Å². The first kappa shape index (κ1) is 15.0. The van der Waals surface area contributed by atoms with Crippen LogP contribution in [0.15, 0.2) is 53.3 Å². The molecular weight excluding hydrogens is 365 g/mol. The van der Waals surface area contributed by atoms with Crippen molar-refractivity contribution in [3.8, 4) is 0 Å². The standard InChI is InChI=1S/C13H10BrFNO.BrH/c14-12-8-10(15)4-5-11(12)13(17)9-16-6-2-1-3-7-16;/h1-8H,9H2;1H/q+1;/p-1. The lowest BCUT2D eigenvalue weighted by Gasteiger charge is -2.01. The molecule has 0 aliphatic carbocycles. The Morgan fingerprint density at radius 1 is 1.22 bits per heavy atom. The van der Waals surface area contributed by atoms with E-state index in [0.29, 0.717) is 10.0 Å². The lowest BCUT2D eigenvalue weighted by atomic mass is 10.1. The van der Waals surface area contributed by atoms with E-state index in [-0.39, 0.29) is 35.1 Å². The van der Waals surface area contributed by atoms with E-state index >= 15 is 0 Å². The van der Waals surface area contributed by atoms with E-state index in [2.05, 4.69) is 15.9 Å². The van der Waals surface area contributed by atoms with Gasteiger partial charge in [-0.25, -0.2) is 4.39 Å². The monoisotopic (exact) mass is 373 g/mol. The molecule has 0 aliphatic rings. The number of hydrogen-bond acceptors (Lipinski definition) is 1. The molecule has 0 spiro atoms. The smallest absolute Gasteiger partial charge is 0.228 e. The molecule has 1 aromatic heterocycles. The summed E-state index contributed by atoms with van der Waals surface area (Å²) in [6.07, 6.45) is 3.63. The maximum absolute atomic E-state index is 12.9. The molecule has 2 aromatic rings. The zero-order valence-corrected chi connectivity index (χ0v) is 12.5. The highest BCUT2D eigenvalue weighted by Crippen LogP contribution is 2.18. The number of ketones is 1. The summed E-state index contributed by atoms with van der Waals surface area (Å²) in [5.41, 5.74) is 0.489. The number of Topliss-reactive ketones (excluding diaryl/α,β-unsaturated/α-hetero) is 1. The first-order valence-corrected chi connectivity index (χ1v) is 5.88. The number of rotatable bonds is 3. The number of carbonyl (C=O) groups is 1. The summed E-state index contributed by atoms with van der Waals surface area (Å²) in [5.74, 6) is -0.422. The Morgan fingerprint density at radius 3 is 2.50 bits per heavy atom. The molecule has 0 atom stereocenters. The van der Waals surface area contributed by atoms with E-state index in [0.717, 1.165) is 0 Å². The maximum atomic E-state index is 12.9. The van der Waals surface area contributed by atoms with E-state index in [9.17, 15) is 9.18 Å². The van der Waals surface area contributed by atoms with Crippen LogP contribution in [0.4, 0.5) is 4.39 Å². The van der Waals surface area contributed by atoms with Crippen LogP contribution in [0.5, 0.6) is 0 Å². The van der Waals surface area contributed by atoms with E-state index in [1.165, 1.54) is 18.2 Å². The molecule has 0 radical (unpaired) electrons. The van der Waals surface area contributed by atoms with Crippen LogP contribution in [0.2, 0.25) is 0 Å². The van der Waals surface area contributed by atoms with Gasteiger partial charge in [0.2, 0.25) is 12.3 Å². The molecule has 18 heavy (non-hydrogen) atoms. The van der Waals surface area contributed by atoms with Crippen molar-refractivity contribution in [2.45, 2.75) is 6.54 Å². The zero-order valence-electron chi connectivity index (χ0n) is 9.32. The largest absolute Gasteiger partial charge is 1.00 e. The second-order valence-corrected chi connectivity index (χ2v) is 4.45. The molecule has 0 aliphatic heterocycles. The number of halogens is 3. The molecular formula is C13H10Br2FNO. The molecule has 2 rings (SSSR count). The molecule has 0 bridgehead atoms. The fourth-order valence-corrected chi connectivity index (χ4v) is 2.08. The molecule has 0 fully saturated rings. The second kappa shape index (κ2) is 6.75. The van der Waals surface area contributed by atoms with Gasteiger partial charge in [0.15, 0.2) is 12.4 Å². The van der Waals surface area contributed by atoms with Gasteiger partial charge in [-0.05, 0) is 34.1 Å². The minimum atomic E-state index is -0.360. The fourth-order valence-electron chi connectivity index (χ4n) is 1.51. The van der Waals surface area contributed by atoms with Gasteiger partial charge in [-0.3, -0.25) is 4.79 Å². The number of nitrogens with zero attached hydrogens (tertiary/aromatic N) is 1. The number of pyridine rings is 1. The Bertz CT molecular complexity index is 546. The van der Waals surface area contributed by atoms with Gasteiger partial charge in [-0.1, -0.05) is 6.07 Å². The van der Waals surface area contributed by atoms with Crippen LogP contribution in [-0.4, -0.2) is 5.78 Å². The van der Waals surface area contributed by atoms with E-state index in [1.54, 1.807) is 4.57 Å². The average molecular weight is 375 g/mol. The molecule has 1 aromatic carbocycles. The highest BCUT2D eigenvalue weighted by atomic mass is 79.9. The summed E-state index contributed by atoms with van der Waals surface area (Å²) in [7, 11) is 0. The fraction of sp³-hybridized carbons (Fsp3) is 0.0769. The van der Waals surface area contributed by atoms with Gasteiger partial charge in [0.05, 0.1) is 0 Å². The average Bonchev–Trinajstić information content (AvgIpc) is 2.30. The number of benzene rings is 1. The summed E-state index contributed by atoms with van der Waals surface area (Å²) in [4.78, 5) is 12.0. The molecule has 0 unspecified atom stereocenters. The van der Waals surface area contributed by atoms with Gasteiger partial charge in [0.25, 0.3) is 0 Å². The van der Waals surface area contributed by atoms with Gasteiger partial charge < -0.3 is 17.0 Å². The topological polar surface area (TPSA) is 20.9 Å². The van der Waals surface area contributed by atoms with Crippen LogP contribution in [0.25, 0.3) is 0 Å². The van der Waals surface area contributed by atoms with Crippen molar-refractivity contribution in [3.05, 3.63) is 64.6 Å². The van der Waals surface area contributed by atoms with Crippen molar-refractivity contribution in [3.63, 3.8) is 0 Å². The first-order valence-electron chi connectivity index (χ1n) is 5.09. The van der Waals surface area contributed by atoms with Crippen LogP contribution < -0.4 is 21.5 Å². The van der Waals surface area contributed by atoms with Crippen LogP contribution >= 0.6 is 15.9 Å². The molecule has 0 amide bonds. The van der Waals surface area contributed by atoms with Crippen molar-refractivity contribution in [2.75, 3.05) is 0 Å². The summed E-state index contributed by atoms with van der Waals surface area (Å²) < 4.78 is 15.2. The summed E-state index contributed by atoms with van der Waals surface area (Å²) in [6.45, 7) is 0.241. The van der Waals surface area contributed by atoms with Crippen molar-refractivity contribution in [1.82, 2.24) is 0 Å². The molecule has 94 valence electrons. The lowest BCUT2D eigenvalue weighted by molar-refractivity contribution is -0.683. The molecule has 1 heterocycles. The molecule has 0 N–H and O–H groups in total. The van der Waals surface area contributed by atoms with Crippen LogP contribution in [0.1, 0.15) is 10.4 Å². The third-order valence-corrected chi connectivity index (χ3v) is 2.99. The Balaban J connectivity index is 0.00000162. The Kier molecular flexibility index (Phi) is 5.62. The summed E-state index contributed by atoms with van der Waals surface area (Å²) in [5, 5.41) is 0. The number of carbonyl (C=O) groups excluding carboxylic acids is 1. The predicted octanol–water partition coefficient (Wildman–Crippen LogP) is -0.237. The van der Waals surface area contributed by atoms with E-state index in [1.807, 2.05) is 30.6 Å². The van der Waals surface area contributed by atoms with Gasteiger partial charge >= 0.3 is 0 Å². The Labute approximate surface area is 123 Å². The number of aromatic nitrogens is 1. The highest BCUT2D eigenvalue weighted by Gasteiger charge is 2.14. The van der Waals surface area contributed by atoms with Crippen molar-refractivity contribution < 1.29 is 30.7 Å². The summed E-state index contributed by atoms with van der Waals surface area (Å²) in [6, 6.07) is 9.66. The van der Waals surface area contributed by atoms with Crippen LogP contribution in [0, 0.1) is 5.82 Å². The Morgan fingerprint density at radius 2 is 1.89 bits per heavy atom. The zero-order chi connectivity index (χ0) is 12.3. The molecule has 2 nitrogen and oxygen atoms in total. The van der Waals surface area contributed by atoms with Gasteiger partial charge in [-0.2, -0.15) is 4.57 Å². The third-order valence-electron chi connectivity index (χ3n) is 2.34. The maximum Gasteiger partial charge on any atom is 0.228 e. The van der Waals surface area contributed by atoms with Gasteiger partial charge in [0.1, 0.15) is 5.82 Å². The minimum Gasteiger partial charge on any atom is -1.00 e. The second-order valence-electron chi connectivity index (χ2n) is 3.60. The molecule has 5 heteroatoms. The predicted molar refractivity (Wildman–Crippen MR) is 65.1 cm³/mol. The third kappa shape index (κ3) is 3.71. The normalized spacial score (nSPS) is 9.67. The SMILES string of the molecule is O=C(C[n+]1ccccc1)c1ccc(F)cc1Br.[Br-]. The van der Waals surface area contributed by atoms with Crippen molar-refractivity contribution in [1.29, 1.82) is 0 Å². The van der Waals surface area contributed by atoms with Gasteiger partial charge in [-0.15, -0.1) is 0 Å². The number of hydrogen-bond donors (Lipinski definition) is 0. The first-order chi connectivity index (χ1) is 8.16. The molecule has 0 saturated heterocycles. The van der Waals surface area contributed by atoms with E-state index < -0.39 is 0 Å². The lowest BCUT2D eigenvalue weighted by Crippen LogP contribution is -3.00. The van der Waals surface area contributed by atoms with Gasteiger partial charge in [0, 0.05) is 22.2 Å². The molecule has 0 saturated carbocycles. The quantitative estimate of drug-likeness (QED) is 0.536. The minimum absolute atomic E-state index is 0. The summed E-state index contributed by atoms with van der Waals surface area (Å²) >= 11 is 3.19. The van der Waals surface area contributed by atoms with Crippen LogP contribution in [0.3, 0.4) is 0 Å². The van der Waals surface area contributed by atoms with Crippen molar-refractivity contribution >= 4 is 21.7 Å². The highest BCUT2D eigenvalue weighted by molar-refractivity contribution is 9.10. The van der Waals surface area contributed by atoms with Crippen LogP contribution in [-0.2, 0) is 6.54 Å². The van der Waals surface area contributed by atoms with Crippen molar-refractivity contribution in [2.24, 2.45) is 0 Å². The Hall–Kier alpha value is -1.07.